The average molecular weight is 197 g/mol. The molecule has 1 aliphatic rings. The van der Waals surface area contributed by atoms with Crippen molar-refractivity contribution in [2.75, 3.05) is 5.75 Å². The molecule has 70 valence electrons. The van der Waals surface area contributed by atoms with Crippen LogP contribution in [0.1, 0.15) is 17.7 Å². The van der Waals surface area contributed by atoms with Crippen molar-refractivity contribution >= 4 is 9.84 Å². The number of nitrogens with zero attached hydrogens (tertiary/aromatic N) is 1. The molecule has 0 aromatic carbocycles. The Morgan fingerprint density at radius 2 is 2.23 bits per heavy atom. The van der Waals surface area contributed by atoms with E-state index in [4.69, 9.17) is 0 Å². The van der Waals surface area contributed by atoms with Gasteiger partial charge in [0.25, 0.3) is 0 Å². The van der Waals surface area contributed by atoms with Crippen molar-refractivity contribution < 1.29 is 8.42 Å². The Balaban J connectivity index is 2.66. The molecule has 0 aliphatic carbocycles. The van der Waals surface area contributed by atoms with E-state index in [0.29, 0.717) is 4.90 Å². The lowest BCUT2D eigenvalue weighted by Gasteiger charge is -2.15. The Labute approximate surface area is 77.7 Å². The minimum Gasteiger partial charge on any atom is -0.260 e. The number of rotatable bonds is 0. The van der Waals surface area contributed by atoms with E-state index < -0.39 is 9.84 Å². The monoisotopic (exact) mass is 197 g/mol. The topological polar surface area (TPSA) is 47.0 Å². The summed E-state index contributed by atoms with van der Waals surface area (Å²) in [5.41, 5.74) is 1.81. The summed E-state index contributed by atoms with van der Waals surface area (Å²) in [6.07, 6.45) is 3.08. The van der Waals surface area contributed by atoms with Gasteiger partial charge in [-0.1, -0.05) is 0 Å². The molecular weight excluding hydrogens is 186 g/mol. The minimum absolute atomic E-state index is 0.269. The number of pyridine rings is 1. The molecule has 13 heavy (non-hydrogen) atoms. The average Bonchev–Trinajstić information content (AvgIpc) is 2.02. The summed E-state index contributed by atoms with van der Waals surface area (Å²) >= 11 is 0. The zero-order valence-corrected chi connectivity index (χ0v) is 8.26. The van der Waals surface area contributed by atoms with Gasteiger partial charge >= 0.3 is 0 Å². The molecule has 0 unspecified atom stereocenters. The first kappa shape index (κ1) is 8.69. The van der Waals surface area contributed by atoms with Crippen LogP contribution in [0, 0.1) is 6.92 Å². The van der Waals surface area contributed by atoms with E-state index in [1.165, 1.54) is 6.20 Å². The molecule has 0 atom stereocenters. The third-order valence-corrected chi connectivity index (χ3v) is 4.14. The first-order chi connectivity index (χ1) is 6.09. The summed E-state index contributed by atoms with van der Waals surface area (Å²) in [7, 11) is -3.02. The van der Waals surface area contributed by atoms with E-state index in [-0.39, 0.29) is 5.75 Å². The molecule has 2 rings (SSSR count). The second kappa shape index (κ2) is 2.80. The van der Waals surface area contributed by atoms with Crippen LogP contribution in [0.3, 0.4) is 0 Å². The van der Waals surface area contributed by atoms with Crippen LogP contribution in [0.15, 0.2) is 17.2 Å². The maximum atomic E-state index is 11.5. The quantitative estimate of drug-likeness (QED) is 0.626. The minimum atomic E-state index is -3.02. The van der Waals surface area contributed by atoms with E-state index in [2.05, 4.69) is 4.98 Å². The molecule has 0 bridgehead atoms. The van der Waals surface area contributed by atoms with Crippen LogP contribution in [0.2, 0.25) is 0 Å². The Kier molecular flexibility index (Phi) is 1.87. The first-order valence-electron chi connectivity index (χ1n) is 4.28. The highest BCUT2D eigenvalue weighted by molar-refractivity contribution is 7.91. The van der Waals surface area contributed by atoms with Crippen LogP contribution in [-0.4, -0.2) is 19.2 Å². The second-order valence-electron chi connectivity index (χ2n) is 3.36. The normalized spacial score (nSPS) is 19.5. The largest absolute Gasteiger partial charge is 0.260 e. The van der Waals surface area contributed by atoms with E-state index in [1.54, 1.807) is 0 Å². The van der Waals surface area contributed by atoms with Crippen molar-refractivity contribution in [3.05, 3.63) is 23.5 Å². The van der Waals surface area contributed by atoms with Crippen molar-refractivity contribution in [2.45, 2.75) is 24.7 Å². The lowest BCUT2D eigenvalue weighted by atomic mass is 10.1. The molecule has 1 aliphatic heterocycles. The molecule has 0 saturated carbocycles. The van der Waals surface area contributed by atoms with Gasteiger partial charge in [-0.2, -0.15) is 0 Å². The van der Waals surface area contributed by atoms with Crippen molar-refractivity contribution in [3.63, 3.8) is 0 Å². The fourth-order valence-electron chi connectivity index (χ4n) is 1.64. The predicted octanol–water partition coefficient (Wildman–Crippen LogP) is 1.11. The molecule has 0 N–H and O–H groups in total. The van der Waals surface area contributed by atoms with Gasteiger partial charge in [0, 0.05) is 11.9 Å². The van der Waals surface area contributed by atoms with Gasteiger partial charge in [-0.25, -0.2) is 8.42 Å². The summed E-state index contributed by atoms with van der Waals surface area (Å²) in [5.74, 6) is 0.269. The van der Waals surface area contributed by atoms with E-state index >= 15 is 0 Å². The number of hydrogen-bond donors (Lipinski definition) is 0. The predicted molar refractivity (Wildman–Crippen MR) is 49.3 cm³/mol. The molecule has 0 radical (unpaired) electrons. The third-order valence-electron chi connectivity index (χ3n) is 2.28. The van der Waals surface area contributed by atoms with E-state index in [0.717, 1.165) is 24.1 Å². The number of hydrogen-bond acceptors (Lipinski definition) is 3. The Hall–Kier alpha value is -0.900. The zero-order valence-electron chi connectivity index (χ0n) is 7.45. The van der Waals surface area contributed by atoms with Crippen molar-refractivity contribution in [2.24, 2.45) is 0 Å². The van der Waals surface area contributed by atoms with Gasteiger partial charge in [0.05, 0.1) is 10.6 Å². The lowest BCUT2D eigenvalue weighted by molar-refractivity contribution is 0.585. The van der Waals surface area contributed by atoms with Gasteiger partial charge in [-0.05, 0) is 31.4 Å². The van der Waals surface area contributed by atoms with Crippen LogP contribution in [0.5, 0.6) is 0 Å². The van der Waals surface area contributed by atoms with Crippen LogP contribution < -0.4 is 0 Å². The van der Waals surface area contributed by atoms with Crippen molar-refractivity contribution in [3.8, 4) is 0 Å². The van der Waals surface area contributed by atoms with Crippen LogP contribution in [0.4, 0.5) is 0 Å². The molecule has 2 heterocycles. The van der Waals surface area contributed by atoms with Crippen molar-refractivity contribution in [1.29, 1.82) is 0 Å². The van der Waals surface area contributed by atoms with Gasteiger partial charge < -0.3 is 0 Å². The lowest BCUT2D eigenvalue weighted by Crippen LogP contribution is -2.16. The molecule has 1 aromatic rings. The third kappa shape index (κ3) is 1.46. The number of sulfone groups is 1. The zero-order chi connectivity index (χ0) is 9.47. The van der Waals surface area contributed by atoms with Crippen LogP contribution >= 0.6 is 0 Å². The molecule has 0 spiro atoms. The second-order valence-corrected chi connectivity index (χ2v) is 5.43. The highest BCUT2D eigenvalue weighted by Crippen LogP contribution is 2.24. The molecule has 4 heteroatoms. The molecule has 0 saturated heterocycles. The summed E-state index contributed by atoms with van der Waals surface area (Å²) < 4.78 is 23.1. The summed E-state index contributed by atoms with van der Waals surface area (Å²) in [6.45, 7) is 1.88. The van der Waals surface area contributed by atoms with E-state index in [9.17, 15) is 8.42 Å². The highest BCUT2D eigenvalue weighted by atomic mass is 32.2. The first-order valence-corrected chi connectivity index (χ1v) is 5.93. The smallest absolute Gasteiger partial charge is 0.180 e. The number of aryl methyl sites for hydroxylation is 2. The fourth-order valence-corrected chi connectivity index (χ4v) is 3.16. The van der Waals surface area contributed by atoms with Gasteiger partial charge in [0.2, 0.25) is 0 Å². The SMILES string of the molecule is Cc1cc2c(cn1)S(=O)(=O)CCC2. The Morgan fingerprint density at radius 1 is 1.46 bits per heavy atom. The van der Waals surface area contributed by atoms with Crippen molar-refractivity contribution in [1.82, 2.24) is 4.98 Å². The van der Waals surface area contributed by atoms with Crippen LogP contribution in [-0.2, 0) is 16.3 Å². The summed E-state index contributed by atoms with van der Waals surface area (Å²) in [4.78, 5) is 4.44. The summed E-state index contributed by atoms with van der Waals surface area (Å²) in [6, 6.07) is 1.87. The molecule has 0 fully saturated rings. The van der Waals surface area contributed by atoms with Crippen LogP contribution in [0.25, 0.3) is 0 Å². The summed E-state index contributed by atoms with van der Waals surface area (Å²) in [5, 5.41) is 0. The van der Waals surface area contributed by atoms with Gasteiger partial charge in [-0.15, -0.1) is 0 Å². The molecule has 1 aromatic heterocycles. The highest BCUT2D eigenvalue weighted by Gasteiger charge is 2.23. The molecule has 0 amide bonds. The van der Waals surface area contributed by atoms with Gasteiger partial charge in [0.1, 0.15) is 0 Å². The number of fused-ring (bicyclic) bond motifs is 1. The maximum Gasteiger partial charge on any atom is 0.180 e. The molecular formula is C9H11NO2S. The maximum absolute atomic E-state index is 11.5. The van der Waals surface area contributed by atoms with Gasteiger partial charge in [0.15, 0.2) is 9.84 Å². The standard InChI is InChI=1S/C9H11NO2S/c1-7-5-8-3-2-4-13(11,12)9(8)6-10-7/h5-6H,2-4H2,1H3. The van der Waals surface area contributed by atoms with Gasteiger partial charge in [-0.3, -0.25) is 4.98 Å². The Bertz CT molecular complexity index is 437. The van der Waals surface area contributed by atoms with E-state index in [1.807, 2.05) is 13.0 Å². The fraction of sp³-hybridized carbons (Fsp3) is 0.444. The molecule has 3 nitrogen and oxygen atoms in total. The number of aromatic nitrogens is 1. The Morgan fingerprint density at radius 3 is 3.00 bits per heavy atom.